The third-order valence-corrected chi connectivity index (χ3v) is 6.04. The molecular weight excluding hydrogens is 388 g/mol. The lowest BCUT2D eigenvalue weighted by molar-refractivity contribution is 0.100. The molecule has 0 spiro atoms. The molecule has 1 fully saturated rings. The Morgan fingerprint density at radius 1 is 0.935 bits per heavy atom. The Labute approximate surface area is 182 Å². The average molecular weight is 417 g/mol. The summed E-state index contributed by atoms with van der Waals surface area (Å²) in [7, 11) is 0. The number of primary amides is 1. The van der Waals surface area contributed by atoms with Crippen LogP contribution >= 0.6 is 0 Å². The Morgan fingerprint density at radius 2 is 1.61 bits per heavy atom. The van der Waals surface area contributed by atoms with Crippen LogP contribution in [-0.4, -0.2) is 28.3 Å². The zero-order chi connectivity index (χ0) is 21.8. The van der Waals surface area contributed by atoms with Crippen molar-refractivity contribution in [2.45, 2.75) is 44.2 Å². The van der Waals surface area contributed by atoms with E-state index in [1.165, 1.54) is 0 Å². The van der Waals surface area contributed by atoms with E-state index in [0.29, 0.717) is 12.0 Å². The van der Waals surface area contributed by atoms with Gasteiger partial charge >= 0.3 is 0 Å². The molecule has 0 atom stereocenters. The number of benzene rings is 3. The highest BCUT2D eigenvalue weighted by atomic mass is 16.3. The SMILES string of the molecule is NC(=O)c1ccc(-c2ccccc2Cc2ccccc2O)cc1N[C@H]1CC[C@H](O)CC1. The topological polar surface area (TPSA) is 95.6 Å². The number of carbonyl (C=O) groups is 1. The fourth-order valence-electron chi connectivity index (χ4n) is 4.31. The number of phenolic OH excluding ortho intramolecular Hbond substituents is 1. The van der Waals surface area contributed by atoms with Gasteiger partial charge in [0, 0.05) is 18.2 Å². The summed E-state index contributed by atoms with van der Waals surface area (Å²) in [5.41, 5.74) is 10.8. The van der Waals surface area contributed by atoms with E-state index in [2.05, 4.69) is 17.4 Å². The molecule has 0 unspecified atom stereocenters. The van der Waals surface area contributed by atoms with E-state index in [1.54, 1.807) is 12.1 Å². The van der Waals surface area contributed by atoms with Crippen molar-refractivity contribution in [2.24, 2.45) is 5.73 Å². The molecule has 0 bridgehead atoms. The Morgan fingerprint density at radius 3 is 2.32 bits per heavy atom. The summed E-state index contributed by atoms with van der Waals surface area (Å²) in [5.74, 6) is -0.185. The van der Waals surface area contributed by atoms with Crippen LogP contribution in [0.5, 0.6) is 5.75 Å². The van der Waals surface area contributed by atoms with Gasteiger partial charge in [-0.25, -0.2) is 0 Å². The molecule has 1 amide bonds. The number of anilines is 1. The molecule has 160 valence electrons. The maximum Gasteiger partial charge on any atom is 0.250 e. The molecule has 5 heteroatoms. The summed E-state index contributed by atoms with van der Waals surface area (Å²) >= 11 is 0. The molecule has 5 nitrogen and oxygen atoms in total. The zero-order valence-electron chi connectivity index (χ0n) is 17.4. The Balaban J connectivity index is 1.67. The number of para-hydroxylation sites is 1. The summed E-state index contributed by atoms with van der Waals surface area (Å²) < 4.78 is 0. The van der Waals surface area contributed by atoms with E-state index in [1.807, 2.05) is 42.5 Å². The number of aliphatic hydroxyl groups excluding tert-OH is 1. The monoisotopic (exact) mass is 416 g/mol. The molecule has 5 N–H and O–H groups in total. The van der Waals surface area contributed by atoms with Crippen LogP contribution < -0.4 is 11.1 Å². The van der Waals surface area contributed by atoms with E-state index < -0.39 is 5.91 Å². The van der Waals surface area contributed by atoms with Gasteiger partial charge in [-0.1, -0.05) is 48.5 Å². The number of aliphatic hydroxyl groups is 1. The molecule has 0 aliphatic heterocycles. The minimum Gasteiger partial charge on any atom is -0.508 e. The van der Waals surface area contributed by atoms with Gasteiger partial charge in [0.1, 0.15) is 5.75 Å². The van der Waals surface area contributed by atoms with Crippen LogP contribution in [-0.2, 0) is 6.42 Å². The van der Waals surface area contributed by atoms with Crippen LogP contribution in [0.4, 0.5) is 5.69 Å². The fourth-order valence-corrected chi connectivity index (χ4v) is 4.31. The number of amides is 1. The van der Waals surface area contributed by atoms with Gasteiger partial charge in [-0.3, -0.25) is 4.79 Å². The molecule has 1 aliphatic rings. The van der Waals surface area contributed by atoms with Crippen molar-refractivity contribution in [3.63, 3.8) is 0 Å². The van der Waals surface area contributed by atoms with Gasteiger partial charge in [0.25, 0.3) is 5.91 Å². The van der Waals surface area contributed by atoms with Crippen molar-refractivity contribution < 1.29 is 15.0 Å². The lowest BCUT2D eigenvalue weighted by Gasteiger charge is -2.28. The number of carbonyl (C=O) groups excluding carboxylic acids is 1. The fraction of sp³-hybridized carbons (Fsp3) is 0.269. The highest BCUT2D eigenvalue weighted by molar-refractivity contribution is 5.99. The molecule has 3 aromatic rings. The summed E-state index contributed by atoms with van der Waals surface area (Å²) in [5, 5.41) is 23.5. The van der Waals surface area contributed by atoms with Gasteiger partial charge in [-0.05, 0) is 66.1 Å². The van der Waals surface area contributed by atoms with Crippen molar-refractivity contribution in [1.82, 2.24) is 0 Å². The van der Waals surface area contributed by atoms with Crippen LogP contribution in [0.3, 0.4) is 0 Å². The number of nitrogens with one attached hydrogen (secondary N) is 1. The standard InChI is InChI=1S/C26H28N2O3/c27-26(31)23-14-9-18(16-24(23)28-20-10-12-21(29)13-11-20)22-7-3-1-5-17(22)15-19-6-2-4-8-25(19)30/h1-9,14,16,20-21,28-30H,10-13,15H2,(H2,27,31)/t20-,21-. The van der Waals surface area contributed by atoms with E-state index in [-0.39, 0.29) is 17.9 Å². The second-order valence-electron chi connectivity index (χ2n) is 8.24. The predicted molar refractivity (Wildman–Crippen MR) is 123 cm³/mol. The molecule has 0 heterocycles. The van der Waals surface area contributed by atoms with E-state index in [0.717, 1.165) is 53.6 Å². The summed E-state index contributed by atoms with van der Waals surface area (Å²) in [4.78, 5) is 12.0. The first kappa shape index (κ1) is 20.9. The van der Waals surface area contributed by atoms with Crippen molar-refractivity contribution in [3.8, 4) is 16.9 Å². The summed E-state index contributed by atoms with van der Waals surface area (Å²) in [6, 6.07) is 21.3. The molecule has 3 aromatic carbocycles. The van der Waals surface area contributed by atoms with Gasteiger partial charge in [0.05, 0.1) is 11.7 Å². The Bertz CT molecular complexity index is 1070. The van der Waals surface area contributed by atoms with Crippen molar-refractivity contribution in [1.29, 1.82) is 0 Å². The highest BCUT2D eigenvalue weighted by Crippen LogP contribution is 2.32. The number of rotatable bonds is 6. The molecular formula is C26H28N2O3. The van der Waals surface area contributed by atoms with E-state index in [4.69, 9.17) is 5.73 Å². The van der Waals surface area contributed by atoms with Crippen LogP contribution in [0.25, 0.3) is 11.1 Å². The molecule has 0 saturated heterocycles. The third kappa shape index (κ3) is 4.89. The predicted octanol–water partition coefficient (Wildman–Crippen LogP) is 4.46. The largest absolute Gasteiger partial charge is 0.508 e. The van der Waals surface area contributed by atoms with Gasteiger partial charge in [-0.2, -0.15) is 0 Å². The van der Waals surface area contributed by atoms with Crippen molar-refractivity contribution in [3.05, 3.63) is 83.4 Å². The molecule has 4 rings (SSSR count). The quantitative estimate of drug-likeness (QED) is 0.477. The molecule has 1 saturated carbocycles. The minimum absolute atomic E-state index is 0.202. The molecule has 31 heavy (non-hydrogen) atoms. The highest BCUT2D eigenvalue weighted by Gasteiger charge is 2.21. The van der Waals surface area contributed by atoms with Gasteiger partial charge in [0.2, 0.25) is 0 Å². The number of hydrogen-bond donors (Lipinski definition) is 4. The number of hydrogen-bond acceptors (Lipinski definition) is 4. The molecule has 1 aliphatic carbocycles. The van der Waals surface area contributed by atoms with Crippen LogP contribution in [0.1, 0.15) is 47.2 Å². The Kier molecular flexibility index (Phi) is 6.23. The maximum atomic E-state index is 12.0. The summed E-state index contributed by atoms with van der Waals surface area (Å²) in [6.07, 6.45) is 3.59. The molecule has 0 aromatic heterocycles. The van der Waals surface area contributed by atoms with Gasteiger partial charge in [0.15, 0.2) is 0 Å². The number of aromatic hydroxyl groups is 1. The first-order valence-electron chi connectivity index (χ1n) is 10.7. The number of phenols is 1. The van der Waals surface area contributed by atoms with Gasteiger partial charge in [-0.15, -0.1) is 0 Å². The number of nitrogens with two attached hydrogens (primary N) is 1. The van der Waals surface area contributed by atoms with Crippen LogP contribution in [0.15, 0.2) is 66.7 Å². The van der Waals surface area contributed by atoms with E-state index in [9.17, 15) is 15.0 Å². The average Bonchev–Trinajstić information content (AvgIpc) is 2.77. The normalized spacial score (nSPS) is 18.5. The van der Waals surface area contributed by atoms with Crippen molar-refractivity contribution in [2.75, 3.05) is 5.32 Å². The lowest BCUT2D eigenvalue weighted by Crippen LogP contribution is -2.29. The van der Waals surface area contributed by atoms with Crippen LogP contribution in [0, 0.1) is 0 Å². The Hall–Kier alpha value is -3.31. The first-order chi connectivity index (χ1) is 15.0. The maximum absolute atomic E-state index is 12.0. The van der Waals surface area contributed by atoms with Crippen molar-refractivity contribution >= 4 is 11.6 Å². The van der Waals surface area contributed by atoms with E-state index >= 15 is 0 Å². The smallest absolute Gasteiger partial charge is 0.250 e. The first-order valence-corrected chi connectivity index (χ1v) is 10.7. The zero-order valence-corrected chi connectivity index (χ0v) is 17.4. The van der Waals surface area contributed by atoms with Crippen LogP contribution in [0.2, 0.25) is 0 Å². The lowest BCUT2D eigenvalue weighted by atomic mass is 9.91. The summed E-state index contributed by atoms with van der Waals surface area (Å²) in [6.45, 7) is 0. The second kappa shape index (κ2) is 9.23. The minimum atomic E-state index is -0.465. The van der Waals surface area contributed by atoms with Gasteiger partial charge < -0.3 is 21.3 Å². The third-order valence-electron chi connectivity index (χ3n) is 6.04. The second-order valence-corrected chi connectivity index (χ2v) is 8.24. The molecule has 0 radical (unpaired) electrons.